The molecular formula is C15H20BrNO2. The smallest absolute Gasteiger partial charge is 0.224 e. The van der Waals surface area contributed by atoms with Crippen LogP contribution >= 0.6 is 15.9 Å². The zero-order valence-corrected chi connectivity index (χ0v) is 12.8. The number of carbonyl (C=O) groups excluding carboxylic acids is 1. The monoisotopic (exact) mass is 325 g/mol. The summed E-state index contributed by atoms with van der Waals surface area (Å²) in [6.45, 7) is 0.768. The molecule has 0 radical (unpaired) electrons. The number of ether oxygens (including phenoxy) is 1. The van der Waals surface area contributed by atoms with Gasteiger partial charge in [0.2, 0.25) is 5.91 Å². The van der Waals surface area contributed by atoms with Gasteiger partial charge in [-0.05, 0) is 24.8 Å². The van der Waals surface area contributed by atoms with Crippen LogP contribution in [0.2, 0.25) is 0 Å². The molecular weight excluding hydrogens is 306 g/mol. The van der Waals surface area contributed by atoms with Crippen molar-refractivity contribution in [2.75, 3.05) is 13.7 Å². The number of hydrogen-bond donors (Lipinski definition) is 1. The topological polar surface area (TPSA) is 38.3 Å². The molecule has 1 aliphatic carbocycles. The highest BCUT2D eigenvalue weighted by Crippen LogP contribution is 2.30. The van der Waals surface area contributed by atoms with Crippen LogP contribution in [0.5, 0.6) is 5.75 Å². The van der Waals surface area contributed by atoms with Crippen molar-refractivity contribution in [3.8, 4) is 5.75 Å². The van der Waals surface area contributed by atoms with Gasteiger partial charge in [-0.3, -0.25) is 4.79 Å². The molecule has 0 aromatic heterocycles. The minimum Gasteiger partial charge on any atom is -0.496 e. The first-order valence-electron chi connectivity index (χ1n) is 6.73. The van der Waals surface area contributed by atoms with Crippen molar-refractivity contribution in [3.05, 3.63) is 29.8 Å². The molecule has 1 aromatic rings. The van der Waals surface area contributed by atoms with Gasteiger partial charge in [-0.25, -0.2) is 0 Å². The summed E-state index contributed by atoms with van der Waals surface area (Å²) in [4.78, 5) is 12.5. The fourth-order valence-electron chi connectivity index (χ4n) is 2.55. The molecule has 1 amide bonds. The number of methoxy groups -OCH3 is 1. The van der Waals surface area contributed by atoms with Gasteiger partial charge in [-0.15, -0.1) is 0 Å². The van der Waals surface area contributed by atoms with E-state index < -0.39 is 0 Å². The van der Waals surface area contributed by atoms with E-state index in [1.165, 1.54) is 19.3 Å². The van der Waals surface area contributed by atoms with Gasteiger partial charge in [0.05, 0.1) is 13.5 Å². The SMILES string of the molecule is COc1ccccc1CC(=O)NCC1CCCC1Br. The Kier molecular flexibility index (Phi) is 5.25. The molecule has 1 fully saturated rings. The van der Waals surface area contributed by atoms with Crippen LogP contribution in [0.4, 0.5) is 0 Å². The van der Waals surface area contributed by atoms with E-state index in [4.69, 9.17) is 4.74 Å². The molecule has 104 valence electrons. The third kappa shape index (κ3) is 3.96. The number of rotatable bonds is 5. The molecule has 0 saturated heterocycles. The lowest BCUT2D eigenvalue weighted by atomic mass is 10.1. The molecule has 0 aliphatic heterocycles. The number of hydrogen-bond acceptors (Lipinski definition) is 2. The Labute approximate surface area is 122 Å². The maximum absolute atomic E-state index is 12.0. The van der Waals surface area contributed by atoms with Crippen molar-refractivity contribution in [3.63, 3.8) is 0 Å². The van der Waals surface area contributed by atoms with Crippen LogP contribution in [0.3, 0.4) is 0 Å². The lowest BCUT2D eigenvalue weighted by Crippen LogP contribution is -2.32. The van der Waals surface area contributed by atoms with Gasteiger partial charge < -0.3 is 10.1 Å². The van der Waals surface area contributed by atoms with Crippen molar-refractivity contribution in [2.45, 2.75) is 30.5 Å². The van der Waals surface area contributed by atoms with Crippen LogP contribution < -0.4 is 10.1 Å². The molecule has 2 unspecified atom stereocenters. The number of benzene rings is 1. The Morgan fingerprint density at radius 2 is 2.21 bits per heavy atom. The summed E-state index contributed by atoms with van der Waals surface area (Å²) in [5, 5.41) is 3.03. The lowest BCUT2D eigenvalue weighted by Gasteiger charge is -2.15. The molecule has 3 nitrogen and oxygen atoms in total. The number of carbonyl (C=O) groups is 1. The third-order valence-corrected chi connectivity index (χ3v) is 4.88. The van der Waals surface area contributed by atoms with Gasteiger partial charge in [0, 0.05) is 16.9 Å². The van der Waals surface area contributed by atoms with Crippen LogP contribution in [0.15, 0.2) is 24.3 Å². The summed E-state index contributed by atoms with van der Waals surface area (Å²) in [6, 6.07) is 7.65. The Morgan fingerprint density at radius 1 is 1.42 bits per heavy atom. The van der Waals surface area contributed by atoms with Gasteiger partial charge in [0.25, 0.3) is 0 Å². The van der Waals surface area contributed by atoms with E-state index in [9.17, 15) is 4.79 Å². The number of para-hydroxylation sites is 1. The van der Waals surface area contributed by atoms with E-state index >= 15 is 0 Å². The van der Waals surface area contributed by atoms with Gasteiger partial charge in [0.15, 0.2) is 0 Å². The summed E-state index contributed by atoms with van der Waals surface area (Å²) < 4.78 is 5.25. The molecule has 0 spiro atoms. The van der Waals surface area contributed by atoms with E-state index in [-0.39, 0.29) is 5.91 Å². The summed E-state index contributed by atoms with van der Waals surface area (Å²) in [5.41, 5.74) is 0.935. The van der Waals surface area contributed by atoms with Crippen LogP contribution in [-0.4, -0.2) is 24.4 Å². The molecule has 0 heterocycles. The summed E-state index contributed by atoms with van der Waals surface area (Å²) >= 11 is 3.67. The summed E-state index contributed by atoms with van der Waals surface area (Å²) in [7, 11) is 1.63. The second-order valence-electron chi connectivity index (χ2n) is 5.00. The molecule has 2 rings (SSSR count). The normalized spacial score (nSPS) is 22.2. The molecule has 2 atom stereocenters. The van der Waals surface area contributed by atoms with E-state index in [0.717, 1.165) is 17.9 Å². The van der Waals surface area contributed by atoms with Gasteiger partial charge in [0.1, 0.15) is 5.75 Å². The summed E-state index contributed by atoms with van der Waals surface area (Å²) in [6.07, 6.45) is 4.05. The van der Waals surface area contributed by atoms with Crippen LogP contribution in [-0.2, 0) is 11.2 Å². The Bertz CT molecular complexity index is 436. The average molecular weight is 326 g/mol. The maximum Gasteiger partial charge on any atom is 0.224 e. The average Bonchev–Trinajstić information content (AvgIpc) is 2.82. The Balaban J connectivity index is 1.84. The highest BCUT2D eigenvalue weighted by Gasteiger charge is 2.25. The maximum atomic E-state index is 12.0. The van der Waals surface area contributed by atoms with Gasteiger partial charge >= 0.3 is 0 Å². The second-order valence-corrected chi connectivity index (χ2v) is 6.18. The highest BCUT2D eigenvalue weighted by atomic mass is 79.9. The standard InChI is InChI=1S/C15H20BrNO2/c1-19-14-8-3-2-5-11(14)9-15(18)17-10-12-6-4-7-13(12)16/h2-3,5,8,12-13H,4,6-7,9-10H2,1H3,(H,17,18). The molecule has 1 saturated carbocycles. The Hall–Kier alpha value is -1.03. The van der Waals surface area contributed by atoms with E-state index in [0.29, 0.717) is 17.2 Å². The number of alkyl halides is 1. The fraction of sp³-hybridized carbons (Fsp3) is 0.533. The first kappa shape index (κ1) is 14.4. The zero-order valence-electron chi connectivity index (χ0n) is 11.2. The first-order valence-corrected chi connectivity index (χ1v) is 7.65. The lowest BCUT2D eigenvalue weighted by molar-refractivity contribution is -0.120. The zero-order chi connectivity index (χ0) is 13.7. The largest absolute Gasteiger partial charge is 0.496 e. The fourth-order valence-corrected chi connectivity index (χ4v) is 3.33. The van der Waals surface area contributed by atoms with Crippen molar-refractivity contribution < 1.29 is 9.53 Å². The quantitative estimate of drug-likeness (QED) is 0.845. The molecule has 1 aliphatic rings. The van der Waals surface area contributed by atoms with Crippen LogP contribution in [0, 0.1) is 5.92 Å². The third-order valence-electron chi connectivity index (χ3n) is 3.67. The van der Waals surface area contributed by atoms with Crippen molar-refractivity contribution in [2.24, 2.45) is 5.92 Å². The van der Waals surface area contributed by atoms with Crippen molar-refractivity contribution >= 4 is 21.8 Å². The highest BCUT2D eigenvalue weighted by molar-refractivity contribution is 9.09. The summed E-state index contributed by atoms with van der Waals surface area (Å²) in [5.74, 6) is 1.41. The number of halogens is 1. The van der Waals surface area contributed by atoms with Crippen molar-refractivity contribution in [1.82, 2.24) is 5.32 Å². The van der Waals surface area contributed by atoms with Crippen molar-refractivity contribution in [1.29, 1.82) is 0 Å². The van der Waals surface area contributed by atoms with Crippen LogP contribution in [0.25, 0.3) is 0 Å². The van der Waals surface area contributed by atoms with E-state index in [1.807, 2.05) is 24.3 Å². The first-order chi connectivity index (χ1) is 9.20. The number of nitrogens with one attached hydrogen (secondary N) is 1. The van der Waals surface area contributed by atoms with E-state index in [1.54, 1.807) is 7.11 Å². The van der Waals surface area contributed by atoms with Gasteiger partial charge in [-0.2, -0.15) is 0 Å². The van der Waals surface area contributed by atoms with Gasteiger partial charge in [-0.1, -0.05) is 40.5 Å². The Morgan fingerprint density at radius 3 is 2.89 bits per heavy atom. The number of amides is 1. The predicted octanol–water partition coefficient (Wildman–Crippen LogP) is 2.92. The molecule has 1 N–H and O–H groups in total. The second kappa shape index (κ2) is 6.94. The molecule has 19 heavy (non-hydrogen) atoms. The molecule has 1 aromatic carbocycles. The minimum atomic E-state index is 0.0658. The molecule has 4 heteroatoms. The van der Waals surface area contributed by atoms with E-state index in [2.05, 4.69) is 21.2 Å². The van der Waals surface area contributed by atoms with Crippen LogP contribution in [0.1, 0.15) is 24.8 Å². The predicted molar refractivity (Wildman–Crippen MR) is 79.8 cm³/mol. The minimum absolute atomic E-state index is 0.0658. The molecule has 0 bridgehead atoms.